The van der Waals surface area contributed by atoms with Gasteiger partial charge >= 0.3 is 5.97 Å². The van der Waals surface area contributed by atoms with E-state index in [4.69, 9.17) is 5.11 Å². The first-order valence-corrected chi connectivity index (χ1v) is 6.12. The van der Waals surface area contributed by atoms with Crippen LogP contribution >= 0.6 is 0 Å². The Morgan fingerprint density at radius 2 is 1.62 bits per heavy atom. The molecular weight excluding hydrogens is 278 g/mol. The molecule has 21 heavy (non-hydrogen) atoms. The minimum Gasteiger partial charge on any atom is -0.478 e. The standard InChI is InChI=1S/C16H12F2O3/c17-13-6-5-12(9-14(13)18)10-1-3-11(4-2-10)15(19)7-8-16(20)21/h1-9,15,19H,(H,20,21)/b8-7+. The first kappa shape index (κ1) is 14.9. The van der Waals surface area contributed by atoms with Gasteiger partial charge < -0.3 is 10.2 Å². The van der Waals surface area contributed by atoms with E-state index in [9.17, 15) is 18.7 Å². The van der Waals surface area contributed by atoms with Crippen molar-refractivity contribution in [3.63, 3.8) is 0 Å². The summed E-state index contributed by atoms with van der Waals surface area (Å²) in [5, 5.41) is 18.2. The van der Waals surface area contributed by atoms with Crippen LogP contribution in [0.4, 0.5) is 8.78 Å². The summed E-state index contributed by atoms with van der Waals surface area (Å²) in [4.78, 5) is 10.4. The lowest BCUT2D eigenvalue weighted by molar-refractivity contribution is -0.131. The Balaban J connectivity index is 2.22. The molecule has 0 aliphatic heterocycles. The number of aliphatic hydroxyl groups is 1. The van der Waals surface area contributed by atoms with Gasteiger partial charge in [-0.2, -0.15) is 0 Å². The summed E-state index contributed by atoms with van der Waals surface area (Å²) in [7, 11) is 0. The van der Waals surface area contributed by atoms with E-state index in [1.807, 2.05) is 0 Å². The first-order chi connectivity index (χ1) is 9.97. The molecule has 0 fully saturated rings. The molecule has 1 atom stereocenters. The van der Waals surface area contributed by atoms with Crippen molar-refractivity contribution in [3.8, 4) is 11.1 Å². The summed E-state index contributed by atoms with van der Waals surface area (Å²) >= 11 is 0. The topological polar surface area (TPSA) is 57.5 Å². The summed E-state index contributed by atoms with van der Waals surface area (Å²) in [6.07, 6.45) is 0.961. The second-order valence-electron chi connectivity index (χ2n) is 4.39. The number of carboxylic acids is 1. The van der Waals surface area contributed by atoms with Crippen LogP contribution in [0.5, 0.6) is 0 Å². The van der Waals surface area contributed by atoms with Gasteiger partial charge in [-0.05, 0) is 34.9 Å². The molecule has 0 amide bonds. The van der Waals surface area contributed by atoms with Crippen LogP contribution in [0.1, 0.15) is 11.7 Å². The fourth-order valence-electron chi connectivity index (χ4n) is 1.83. The molecule has 2 rings (SSSR count). The zero-order valence-corrected chi connectivity index (χ0v) is 10.8. The highest BCUT2D eigenvalue weighted by Crippen LogP contribution is 2.24. The first-order valence-electron chi connectivity index (χ1n) is 6.12. The molecule has 5 heteroatoms. The SMILES string of the molecule is O=C(O)/C=C/C(O)c1ccc(-c2ccc(F)c(F)c2)cc1. The minimum absolute atomic E-state index is 0.499. The zero-order chi connectivity index (χ0) is 15.4. The highest BCUT2D eigenvalue weighted by Gasteiger charge is 2.07. The maximum absolute atomic E-state index is 13.2. The lowest BCUT2D eigenvalue weighted by Crippen LogP contribution is -1.95. The van der Waals surface area contributed by atoms with E-state index in [2.05, 4.69) is 0 Å². The zero-order valence-electron chi connectivity index (χ0n) is 10.8. The molecule has 1 unspecified atom stereocenters. The van der Waals surface area contributed by atoms with E-state index >= 15 is 0 Å². The fourth-order valence-corrected chi connectivity index (χ4v) is 1.83. The Hall–Kier alpha value is -2.53. The Morgan fingerprint density at radius 3 is 2.19 bits per heavy atom. The summed E-state index contributed by atoms with van der Waals surface area (Å²) in [6.45, 7) is 0. The third kappa shape index (κ3) is 3.73. The predicted octanol–water partition coefficient (Wildman–Crippen LogP) is 3.31. The van der Waals surface area contributed by atoms with Crippen LogP contribution in [0, 0.1) is 11.6 Å². The van der Waals surface area contributed by atoms with Gasteiger partial charge in [0, 0.05) is 6.08 Å². The van der Waals surface area contributed by atoms with Gasteiger partial charge in [0.05, 0.1) is 6.10 Å². The number of carbonyl (C=O) groups is 1. The number of aliphatic carboxylic acids is 1. The number of halogens is 2. The van der Waals surface area contributed by atoms with E-state index in [-0.39, 0.29) is 0 Å². The quantitative estimate of drug-likeness (QED) is 0.849. The van der Waals surface area contributed by atoms with E-state index in [1.54, 1.807) is 24.3 Å². The van der Waals surface area contributed by atoms with E-state index in [0.29, 0.717) is 16.7 Å². The van der Waals surface area contributed by atoms with Gasteiger partial charge in [-0.3, -0.25) is 0 Å². The number of carboxylic acid groups (broad SMARTS) is 1. The molecule has 2 N–H and O–H groups in total. The molecule has 0 saturated carbocycles. The van der Waals surface area contributed by atoms with Crippen LogP contribution in [0.25, 0.3) is 11.1 Å². The normalized spacial score (nSPS) is 12.5. The molecule has 0 heterocycles. The minimum atomic E-state index is -1.15. The highest BCUT2D eigenvalue weighted by atomic mass is 19.2. The maximum Gasteiger partial charge on any atom is 0.328 e. The molecule has 0 aliphatic rings. The van der Waals surface area contributed by atoms with Gasteiger partial charge in [0.25, 0.3) is 0 Å². The van der Waals surface area contributed by atoms with Crippen LogP contribution in [0.2, 0.25) is 0 Å². The van der Waals surface area contributed by atoms with Gasteiger partial charge in [0.15, 0.2) is 11.6 Å². The predicted molar refractivity (Wildman–Crippen MR) is 73.5 cm³/mol. The van der Waals surface area contributed by atoms with Crippen molar-refractivity contribution >= 4 is 5.97 Å². The second kappa shape index (κ2) is 6.28. The average Bonchev–Trinajstić information content (AvgIpc) is 2.48. The lowest BCUT2D eigenvalue weighted by Gasteiger charge is -2.08. The van der Waals surface area contributed by atoms with Crippen LogP contribution in [0.3, 0.4) is 0 Å². The molecule has 2 aromatic carbocycles. The molecule has 0 bridgehead atoms. The van der Waals surface area contributed by atoms with Crippen LogP contribution < -0.4 is 0 Å². The van der Waals surface area contributed by atoms with Crippen LogP contribution in [-0.4, -0.2) is 16.2 Å². The number of aliphatic hydroxyl groups excluding tert-OH is 1. The van der Waals surface area contributed by atoms with Crippen LogP contribution in [-0.2, 0) is 4.79 Å². The van der Waals surface area contributed by atoms with Gasteiger partial charge in [-0.15, -0.1) is 0 Å². The van der Waals surface area contributed by atoms with Crippen molar-refractivity contribution in [2.75, 3.05) is 0 Å². The number of benzene rings is 2. The fraction of sp³-hybridized carbons (Fsp3) is 0.0625. The van der Waals surface area contributed by atoms with E-state index in [0.717, 1.165) is 24.3 Å². The molecule has 0 radical (unpaired) electrons. The summed E-state index contributed by atoms with van der Waals surface area (Å²) in [5.74, 6) is -2.99. The second-order valence-corrected chi connectivity index (χ2v) is 4.39. The van der Waals surface area contributed by atoms with Crippen molar-refractivity contribution in [2.24, 2.45) is 0 Å². The number of rotatable bonds is 4. The molecule has 0 aromatic heterocycles. The van der Waals surface area contributed by atoms with Crippen molar-refractivity contribution in [2.45, 2.75) is 6.10 Å². The lowest BCUT2D eigenvalue weighted by atomic mass is 10.0. The average molecular weight is 290 g/mol. The molecule has 0 saturated heterocycles. The van der Waals surface area contributed by atoms with E-state index < -0.39 is 23.7 Å². The highest BCUT2D eigenvalue weighted by molar-refractivity contribution is 5.79. The molecule has 108 valence electrons. The van der Waals surface area contributed by atoms with E-state index in [1.165, 1.54) is 6.07 Å². The largest absolute Gasteiger partial charge is 0.478 e. The summed E-state index contributed by atoms with van der Waals surface area (Å²) in [6, 6.07) is 10.0. The summed E-state index contributed by atoms with van der Waals surface area (Å²) < 4.78 is 26.0. The van der Waals surface area contributed by atoms with Crippen molar-refractivity contribution in [3.05, 3.63) is 71.8 Å². The van der Waals surface area contributed by atoms with Crippen LogP contribution in [0.15, 0.2) is 54.6 Å². The Bertz CT molecular complexity index is 678. The Morgan fingerprint density at radius 1 is 1.00 bits per heavy atom. The monoisotopic (exact) mass is 290 g/mol. The Labute approximate surface area is 119 Å². The molecule has 2 aromatic rings. The molecule has 0 aliphatic carbocycles. The smallest absolute Gasteiger partial charge is 0.328 e. The van der Waals surface area contributed by atoms with Gasteiger partial charge in [0.2, 0.25) is 0 Å². The summed E-state index contributed by atoms with van der Waals surface area (Å²) in [5.41, 5.74) is 1.67. The number of hydrogen-bond acceptors (Lipinski definition) is 2. The maximum atomic E-state index is 13.2. The third-order valence-corrected chi connectivity index (χ3v) is 2.93. The molecular formula is C16H12F2O3. The van der Waals surface area contributed by atoms with Crippen molar-refractivity contribution in [1.82, 2.24) is 0 Å². The molecule has 0 spiro atoms. The van der Waals surface area contributed by atoms with Crippen molar-refractivity contribution in [1.29, 1.82) is 0 Å². The Kier molecular flexibility index (Phi) is 4.45. The molecule has 3 nitrogen and oxygen atoms in total. The van der Waals surface area contributed by atoms with Gasteiger partial charge in [-0.1, -0.05) is 30.3 Å². The van der Waals surface area contributed by atoms with Gasteiger partial charge in [0.1, 0.15) is 0 Å². The van der Waals surface area contributed by atoms with Crippen molar-refractivity contribution < 1.29 is 23.8 Å². The third-order valence-electron chi connectivity index (χ3n) is 2.93. The number of hydrogen-bond donors (Lipinski definition) is 2. The van der Waals surface area contributed by atoms with Gasteiger partial charge in [-0.25, -0.2) is 13.6 Å².